The number of para-hydroxylation sites is 1. The van der Waals surface area contributed by atoms with Crippen molar-refractivity contribution in [2.75, 3.05) is 19.0 Å². The summed E-state index contributed by atoms with van der Waals surface area (Å²) in [7, 11) is 1.59. The number of amides is 2. The molecule has 0 atom stereocenters. The van der Waals surface area contributed by atoms with Crippen molar-refractivity contribution in [2.45, 2.75) is 13.5 Å². The molecule has 0 aromatic heterocycles. The molecule has 0 spiro atoms. The Hall–Kier alpha value is -3.02. The zero-order chi connectivity index (χ0) is 17.4. The summed E-state index contributed by atoms with van der Waals surface area (Å²) < 4.78 is 10.7. The Morgan fingerprint density at radius 2 is 1.88 bits per heavy atom. The largest absolute Gasteiger partial charge is 0.496 e. The maximum Gasteiger partial charge on any atom is 0.258 e. The van der Waals surface area contributed by atoms with Crippen LogP contribution in [0.25, 0.3) is 0 Å². The minimum absolute atomic E-state index is 0.112. The maximum atomic E-state index is 11.9. The highest BCUT2D eigenvalue weighted by Gasteiger charge is 2.06. The molecule has 2 amide bonds. The number of carbonyl (C=O) groups is 2. The van der Waals surface area contributed by atoms with Gasteiger partial charge in [0.05, 0.1) is 7.11 Å². The molecule has 2 aromatic rings. The predicted octanol–water partition coefficient (Wildman–Crippen LogP) is 2.35. The fraction of sp³-hybridized carbons (Fsp3) is 0.222. The van der Waals surface area contributed by atoms with Gasteiger partial charge in [0.25, 0.3) is 5.91 Å². The van der Waals surface area contributed by atoms with Crippen LogP contribution in [-0.4, -0.2) is 25.5 Å². The first kappa shape index (κ1) is 17.3. The summed E-state index contributed by atoms with van der Waals surface area (Å²) in [6.07, 6.45) is 0. The SMILES string of the molecule is COc1ccccc1CNC(=O)COc1cccc(NC(C)=O)c1. The monoisotopic (exact) mass is 328 g/mol. The van der Waals surface area contributed by atoms with Crippen molar-refractivity contribution in [1.29, 1.82) is 0 Å². The second-order valence-corrected chi connectivity index (χ2v) is 5.09. The summed E-state index contributed by atoms with van der Waals surface area (Å²) in [5.41, 5.74) is 1.51. The molecule has 24 heavy (non-hydrogen) atoms. The van der Waals surface area contributed by atoms with Gasteiger partial charge in [-0.3, -0.25) is 9.59 Å². The van der Waals surface area contributed by atoms with Gasteiger partial charge in [-0.15, -0.1) is 0 Å². The molecule has 0 aliphatic carbocycles. The van der Waals surface area contributed by atoms with Crippen molar-refractivity contribution in [3.8, 4) is 11.5 Å². The molecule has 0 aliphatic rings. The lowest BCUT2D eigenvalue weighted by atomic mass is 10.2. The fourth-order valence-electron chi connectivity index (χ4n) is 2.11. The zero-order valence-corrected chi connectivity index (χ0v) is 13.7. The average molecular weight is 328 g/mol. The molecular formula is C18H20N2O4. The van der Waals surface area contributed by atoms with E-state index in [4.69, 9.17) is 9.47 Å². The fourth-order valence-corrected chi connectivity index (χ4v) is 2.11. The zero-order valence-electron chi connectivity index (χ0n) is 13.7. The Balaban J connectivity index is 1.84. The molecule has 2 N–H and O–H groups in total. The van der Waals surface area contributed by atoms with E-state index < -0.39 is 0 Å². The molecule has 0 aliphatic heterocycles. The van der Waals surface area contributed by atoms with Crippen molar-refractivity contribution >= 4 is 17.5 Å². The maximum absolute atomic E-state index is 11.9. The van der Waals surface area contributed by atoms with Crippen LogP contribution in [0.3, 0.4) is 0 Å². The van der Waals surface area contributed by atoms with E-state index in [1.165, 1.54) is 6.92 Å². The average Bonchev–Trinajstić information content (AvgIpc) is 2.58. The molecule has 0 saturated heterocycles. The van der Waals surface area contributed by atoms with Gasteiger partial charge >= 0.3 is 0 Å². The van der Waals surface area contributed by atoms with Gasteiger partial charge in [-0.1, -0.05) is 24.3 Å². The molecule has 126 valence electrons. The van der Waals surface area contributed by atoms with E-state index in [1.807, 2.05) is 24.3 Å². The van der Waals surface area contributed by atoms with Crippen LogP contribution in [0.4, 0.5) is 5.69 Å². The second kappa shape index (κ2) is 8.57. The number of rotatable bonds is 7. The van der Waals surface area contributed by atoms with Crippen molar-refractivity contribution < 1.29 is 19.1 Å². The minimum Gasteiger partial charge on any atom is -0.496 e. The quantitative estimate of drug-likeness (QED) is 0.818. The van der Waals surface area contributed by atoms with Crippen LogP contribution in [0, 0.1) is 0 Å². The third-order valence-electron chi connectivity index (χ3n) is 3.19. The van der Waals surface area contributed by atoms with E-state index in [2.05, 4.69) is 10.6 Å². The highest BCUT2D eigenvalue weighted by atomic mass is 16.5. The Kier molecular flexibility index (Phi) is 6.19. The van der Waals surface area contributed by atoms with E-state index in [1.54, 1.807) is 31.4 Å². The van der Waals surface area contributed by atoms with Crippen molar-refractivity contribution in [1.82, 2.24) is 5.32 Å². The summed E-state index contributed by atoms with van der Waals surface area (Å²) in [5.74, 6) is 0.822. The first-order valence-corrected chi connectivity index (χ1v) is 7.47. The van der Waals surface area contributed by atoms with Crippen LogP contribution >= 0.6 is 0 Å². The summed E-state index contributed by atoms with van der Waals surface area (Å²) in [6.45, 7) is 1.68. The standard InChI is InChI=1S/C18H20N2O4/c1-13(21)20-15-7-5-8-16(10-15)24-12-18(22)19-11-14-6-3-4-9-17(14)23-2/h3-10H,11-12H2,1-2H3,(H,19,22)(H,20,21). The van der Waals surface area contributed by atoms with Gasteiger partial charge in [0.15, 0.2) is 6.61 Å². The topological polar surface area (TPSA) is 76.7 Å². The summed E-state index contributed by atoms with van der Waals surface area (Å²) >= 11 is 0. The highest BCUT2D eigenvalue weighted by Crippen LogP contribution is 2.18. The summed E-state index contributed by atoms with van der Waals surface area (Å²) in [5, 5.41) is 5.44. The van der Waals surface area contributed by atoms with Gasteiger partial charge in [-0.05, 0) is 18.2 Å². The molecule has 2 aromatic carbocycles. The van der Waals surface area contributed by atoms with Gasteiger partial charge in [-0.2, -0.15) is 0 Å². The number of anilines is 1. The first-order chi connectivity index (χ1) is 11.6. The molecule has 6 nitrogen and oxygen atoms in total. The van der Waals surface area contributed by atoms with Crippen molar-refractivity contribution in [3.63, 3.8) is 0 Å². The van der Waals surface area contributed by atoms with Gasteiger partial charge < -0.3 is 20.1 Å². The van der Waals surface area contributed by atoms with E-state index >= 15 is 0 Å². The molecule has 0 heterocycles. The van der Waals surface area contributed by atoms with Gasteiger partial charge in [-0.25, -0.2) is 0 Å². The Bertz CT molecular complexity index is 716. The summed E-state index contributed by atoms with van der Waals surface area (Å²) in [6, 6.07) is 14.4. The molecule has 0 saturated carbocycles. The molecule has 0 radical (unpaired) electrons. The number of hydrogen-bond acceptors (Lipinski definition) is 4. The van der Waals surface area contributed by atoms with E-state index in [0.717, 1.165) is 11.3 Å². The first-order valence-electron chi connectivity index (χ1n) is 7.47. The number of methoxy groups -OCH3 is 1. The second-order valence-electron chi connectivity index (χ2n) is 5.09. The number of nitrogens with one attached hydrogen (secondary N) is 2. The van der Waals surface area contributed by atoms with E-state index in [0.29, 0.717) is 18.0 Å². The molecule has 0 bridgehead atoms. The van der Waals surface area contributed by atoms with Crippen LogP contribution in [-0.2, 0) is 16.1 Å². The molecule has 0 fully saturated rings. The van der Waals surface area contributed by atoms with Crippen LogP contribution < -0.4 is 20.1 Å². The Morgan fingerprint density at radius 3 is 2.62 bits per heavy atom. The van der Waals surface area contributed by atoms with Crippen LogP contribution in [0.1, 0.15) is 12.5 Å². The van der Waals surface area contributed by atoms with Gasteiger partial charge in [0.2, 0.25) is 5.91 Å². The Labute approximate surface area is 140 Å². The lowest BCUT2D eigenvalue weighted by Crippen LogP contribution is -2.28. The third-order valence-corrected chi connectivity index (χ3v) is 3.19. The predicted molar refractivity (Wildman–Crippen MR) is 91.1 cm³/mol. The molecule has 6 heteroatoms. The van der Waals surface area contributed by atoms with Crippen LogP contribution in [0.15, 0.2) is 48.5 Å². The normalized spacial score (nSPS) is 9.92. The Morgan fingerprint density at radius 1 is 1.08 bits per heavy atom. The molecular weight excluding hydrogens is 308 g/mol. The lowest BCUT2D eigenvalue weighted by molar-refractivity contribution is -0.123. The minimum atomic E-state index is -0.245. The van der Waals surface area contributed by atoms with Crippen molar-refractivity contribution in [3.05, 3.63) is 54.1 Å². The molecule has 2 rings (SSSR count). The highest BCUT2D eigenvalue weighted by molar-refractivity contribution is 5.88. The van der Waals surface area contributed by atoms with Gasteiger partial charge in [0.1, 0.15) is 11.5 Å². The number of ether oxygens (including phenoxy) is 2. The number of benzene rings is 2. The van der Waals surface area contributed by atoms with Crippen LogP contribution in [0.5, 0.6) is 11.5 Å². The lowest BCUT2D eigenvalue weighted by Gasteiger charge is -2.11. The number of hydrogen-bond donors (Lipinski definition) is 2. The molecule has 0 unspecified atom stereocenters. The summed E-state index contributed by atoms with van der Waals surface area (Å²) in [4.78, 5) is 22.9. The van der Waals surface area contributed by atoms with Gasteiger partial charge in [0, 0.05) is 30.8 Å². The smallest absolute Gasteiger partial charge is 0.258 e. The van der Waals surface area contributed by atoms with Crippen LogP contribution in [0.2, 0.25) is 0 Å². The van der Waals surface area contributed by atoms with E-state index in [-0.39, 0.29) is 18.4 Å². The number of carbonyl (C=O) groups excluding carboxylic acids is 2. The van der Waals surface area contributed by atoms with E-state index in [9.17, 15) is 9.59 Å². The van der Waals surface area contributed by atoms with Crippen molar-refractivity contribution in [2.24, 2.45) is 0 Å². The third kappa shape index (κ3) is 5.31.